The van der Waals surface area contributed by atoms with Crippen LogP contribution in [-0.2, 0) is 16.1 Å². The van der Waals surface area contributed by atoms with E-state index in [9.17, 15) is 4.79 Å². The summed E-state index contributed by atoms with van der Waals surface area (Å²) in [7, 11) is 0. The first-order chi connectivity index (χ1) is 11.8. The van der Waals surface area contributed by atoms with Crippen molar-refractivity contribution in [1.82, 2.24) is 9.88 Å². The molecular formula is C20H24N2O2. The molecule has 1 aromatic heterocycles. The quantitative estimate of drug-likeness (QED) is 0.789. The van der Waals surface area contributed by atoms with Gasteiger partial charge in [-0.2, -0.15) is 0 Å². The summed E-state index contributed by atoms with van der Waals surface area (Å²) in [6.07, 6.45) is 3.60. The maximum absolute atomic E-state index is 11.8. The molecule has 3 rings (SSSR count). The summed E-state index contributed by atoms with van der Waals surface area (Å²) in [5.41, 5.74) is 3.43. The van der Waals surface area contributed by atoms with Crippen molar-refractivity contribution < 1.29 is 9.53 Å². The number of rotatable bonds is 5. The summed E-state index contributed by atoms with van der Waals surface area (Å²) in [5.74, 6) is 0.0374. The van der Waals surface area contributed by atoms with Crippen molar-refractivity contribution in [1.29, 1.82) is 0 Å². The Morgan fingerprint density at radius 3 is 2.75 bits per heavy atom. The number of ether oxygens (including phenoxy) is 1. The van der Waals surface area contributed by atoms with Crippen LogP contribution in [0.15, 0.2) is 48.7 Å². The number of piperidine rings is 1. The Morgan fingerprint density at radius 2 is 2.04 bits per heavy atom. The van der Waals surface area contributed by atoms with Crippen molar-refractivity contribution in [3.8, 4) is 11.3 Å². The average Bonchev–Trinajstić information content (AvgIpc) is 2.63. The van der Waals surface area contributed by atoms with E-state index in [2.05, 4.69) is 34.1 Å². The fourth-order valence-electron chi connectivity index (χ4n) is 3.21. The van der Waals surface area contributed by atoms with Gasteiger partial charge in [-0.05, 0) is 56.6 Å². The first kappa shape index (κ1) is 16.7. The predicted molar refractivity (Wildman–Crippen MR) is 94.3 cm³/mol. The van der Waals surface area contributed by atoms with Gasteiger partial charge in [0.15, 0.2) is 0 Å². The molecule has 1 aliphatic heterocycles. The van der Waals surface area contributed by atoms with E-state index >= 15 is 0 Å². The Labute approximate surface area is 143 Å². The highest BCUT2D eigenvalue weighted by molar-refractivity contribution is 5.72. The molecule has 4 heteroatoms. The SMILES string of the molecule is CCOC(=O)C1CCN(Cc2cccc(-c3ccccn3)c2)CC1. The summed E-state index contributed by atoms with van der Waals surface area (Å²) in [5, 5.41) is 0. The molecule has 1 saturated heterocycles. The van der Waals surface area contributed by atoms with Crippen LogP contribution in [0.4, 0.5) is 0 Å². The summed E-state index contributed by atoms with van der Waals surface area (Å²) < 4.78 is 5.14. The van der Waals surface area contributed by atoms with Crippen LogP contribution >= 0.6 is 0 Å². The second-order valence-corrected chi connectivity index (χ2v) is 6.22. The third-order valence-corrected chi connectivity index (χ3v) is 4.50. The molecule has 2 heterocycles. The van der Waals surface area contributed by atoms with Crippen LogP contribution in [0, 0.1) is 5.92 Å². The number of aromatic nitrogens is 1. The number of carbonyl (C=O) groups is 1. The monoisotopic (exact) mass is 324 g/mol. The molecular weight excluding hydrogens is 300 g/mol. The molecule has 0 aliphatic carbocycles. The number of hydrogen-bond donors (Lipinski definition) is 0. The molecule has 0 bridgehead atoms. The molecule has 1 fully saturated rings. The first-order valence-corrected chi connectivity index (χ1v) is 8.65. The smallest absolute Gasteiger partial charge is 0.309 e. The molecule has 0 N–H and O–H groups in total. The number of pyridine rings is 1. The molecule has 0 spiro atoms. The lowest BCUT2D eigenvalue weighted by molar-refractivity contribution is -0.149. The van der Waals surface area contributed by atoms with Gasteiger partial charge in [-0.1, -0.05) is 24.3 Å². The average molecular weight is 324 g/mol. The largest absolute Gasteiger partial charge is 0.466 e. The summed E-state index contributed by atoms with van der Waals surface area (Å²) in [6.45, 7) is 5.13. The lowest BCUT2D eigenvalue weighted by Gasteiger charge is -2.30. The second kappa shape index (κ2) is 8.06. The minimum absolute atomic E-state index is 0.0331. The molecule has 0 unspecified atom stereocenters. The van der Waals surface area contributed by atoms with E-state index in [1.54, 1.807) is 0 Å². The van der Waals surface area contributed by atoms with Gasteiger partial charge in [-0.25, -0.2) is 0 Å². The lowest BCUT2D eigenvalue weighted by atomic mass is 9.96. The highest BCUT2D eigenvalue weighted by Crippen LogP contribution is 2.22. The van der Waals surface area contributed by atoms with Gasteiger partial charge in [0, 0.05) is 18.3 Å². The molecule has 0 radical (unpaired) electrons. The van der Waals surface area contributed by atoms with Crippen LogP contribution in [0.5, 0.6) is 0 Å². The molecule has 4 nitrogen and oxygen atoms in total. The number of benzene rings is 1. The van der Waals surface area contributed by atoms with E-state index in [1.807, 2.05) is 31.3 Å². The van der Waals surface area contributed by atoms with E-state index in [0.29, 0.717) is 6.61 Å². The zero-order chi connectivity index (χ0) is 16.8. The minimum atomic E-state index is -0.0331. The summed E-state index contributed by atoms with van der Waals surface area (Å²) >= 11 is 0. The summed E-state index contributed by atoms with van der Waals surface area (Å²) in [4.78, 5) is 18.6. The Balaban J connectivity index is 1.59. The van der Waals surface area contributed by atoms with E-state index in [-0.39, 0.29) is 11.9 Å². The van der Waals surface area contributed by atoms with Gasteiger partial charge in [0.25, 0.3) is 0 Å². The first-order valence-electron chi connectivity index (χ1n) is 8.65. The minimum Gasteiger partial charge on any atom is -0.466 e. The molecule has 0 atom stereocenters. The van der Waals surface area contributed by atoms with Crippen molar-refractivity contribution in [3.63, 3.8) is 0 Å². The predicted octanol–water partition coefficient (Wildman–Crippen LogP) is 3.52. The van der Waals surface area contributed by atoms with Crippen molar-refractivity contribution in [2.45, 2.75) is 26.3 Å². The van der Waals surface area contributed by atoms with Gasteiger partial charge in [-0.3, -0.25) is 14.7 Å². The van der Waals surface area contributed by atoms with Gasteiger partial charge in [0.05, 0.1) is 18.2 Å². The van der Waals surface area contributed by atoms with Crippen LogP contribution < -0.4 is 0 Å². The van der Waals surface area contributed by atoms with Gasteiger partial charge in [0.1, 0.15) is 0 Å². The van der Waals surface area contributed by atoms with Crippen LogP contribution in [0.1, 0.15) is 25.3 Å². The molecule has 126 valence electrons. The zero-order valence-corrected chi connectivity index (χ0v) is 14.1. The molecule has 0 amide bonds. The molecule has 1 aliphatic rings. The fraction of sp³-hybridized carbons (Fsp3) is 0.400. The van der Waals surface area contributed by atoms with Crippen molar-refractivity contribution >= 4 is 5.97 Å². The van der Waals surface area contributed by atoms with Gasteiger partial charge < -0.3 is 4.74 Å². The maximum atomic E-state index is 11.8. The van der Waals surface area contributed by atoms with Crippen molar-refractivity contribution in [2.75, 3.05) is 19.7 Å². The van der Waals surface area contributed by atoms with Crippen LogP contribution in [-0.4, -0.2) is 35.5 Å². The van der Waals surface area contributed by atoms with Crippen LogP contribution in [0.2, 0.25) is 0 Å². The molecule has 2 aromatic rings. The number of esters is 1. The van der Waals surface area contributed by atoms with Gasteiger partial charge >= 0.3 is 5.97 Å². The third-order valence-electron chi connectivity index (χ3n) is 4.50. The topological polar surface area (TPSA) is 42.4 Å². The third kappa shape index (κ3) is 4.20. The van der Waals surface area contributed by atoms with Crippen LogP contribution in [0.3, 0.4) is 0 Å². The van der Waals surface area contributed by atoms with E-state index in [4.69, 9.17) is 4.74 Å². The van der Waals surface area contributed by atoms with E-state index in [1.165, 1.54) is 5.56 Å². The van der Waals surface area contributed by atoms with Crippen molar-refractivity contribution in [2.24, 2.45) is 5.92 Å². The second-order valence-electron chi connectivity index (χ2n) is 6.22. The number of likely N-dealkylation sites (tertiary alicyclic amines) is 1. The highest BCUT2D eigenvalue weighted by Gasteiger charge is 2.25. The van der Waals surface area contributed by atoms with Gasteiger partial charge in [0.2, 0.25) is 0 Å². The zero-order valence-electron chi connectivity index (χ0n) is 14.1. The van der Waals surface area contributed by atoms with Crippen molar-refractivity contribution in [3.05, 3.63) is 54.2 Å². The number of nitrogens with zero attached hydrogens (tertiary/aromatic N) is 2. The molecule has 0 saturated carbocycles. The maximum Gasteiger partial charge on any atom is 0.309 e. The Hall–Kier alpha value is -2.20. The number of carbonyl (C=O) groups excluding carboxylic acids is 1. The lowest BCUT2D eigenvalue weighted by Crippen LogP contribution is -2.36. The standard InChI is InChI=1S/C20H24N2O2/c1-2-24-20(23)17-9-12-22(13-10-17)15-16-6-5-7-18(14-16)19-8-3-4-11-21-19/h3-8,11,14,17H,2,9-10,12-13,15H2,1H3. The van der Waals surface area contributed by atoms with E-state index in [0.717, 1.165) is 43.7 Å². The van der Waals surface area contributed by atoms with Gasteiger partial charge in [-0.15, -0.1) is 0 Å². The molecule has 1 aromatic carbocycles. The summed E-state index contributed by atoms with van der Waals surface area (Å²) in [6, 6.07) is 14.5. The number of hydrogen-bond acceptors (Lipinski definition) is 4. The van der Waals surface area contributed by atoms with Crippen LogP contribution in [0.25, 0.3) is 11.3 Å². The Bertz CT molecular complexity index is 664. The van der Waals surface area contributed by atoms with E-state index < -0.39 is 0 Å². The Morgan fingerprint density at radius 1 is 1.21 bits per heavy atom. The molecule has 24 heavy (non-hydrogen) atoms. The Kier molecular flexibility index (Phi) is 5.59. The highest BCUT2D eigenvalue weighted by atomic mass is 16.5. The normalized spacial score (nSPS) is 16.0. The fourth-order valence-corrected chi connectivity index (χ4v) is 3.21.